The van der Waals surface area contributed by atoms with Gasteiger partial charge in [0.25, 0.3) is 11.8 Å². The number of aromatic nitrogens is 1. The molecule has 1 aromatic carbocycles. The molecule has 1 aliphatic heterocycles. The van der Waals surface area contributed by atoms with E-state index in [1.54, 1.807) is 54.2 Å². The van der Waals surface area contributed by atoms with E-state index in [2.05, 4.69) is 5.32 Å². The molecule has 1 N–H and O–H groups in total. The SMILES string of the molecule is COc1ccc(N2C(=O)NC(=O)/C(=C\c3cccn3C)C2=O)cc1. The molecular weight excluding hydrogens is 310 g/mol. The largest absolute Gasteiger partial charge is 0.497 e. The average molecular weight is 325 g/mol. The third-order valence-electron chi connectivity index (χ3n) is 3.71. The average Bonchev–Trinajstić information content (AvgIpc) is 2.97. The summed E-state index contributed by atoms with van der Waals surface area (Å²) >= 11 is 0. The quantitative estimate of drug-likeness (QED) is 0.688. The number of urea groups is 1. The molecule has 2 aromatic rings. The number of barbiturate groups is 1. The minimum Gasteiger partial charge on any atom is -0.497 e. The molecule has 0 bridgehead atoms. The number of rotatable bonds is 3. The predicted octanol–water partition coefficient (Wildman–Crippen LogP) is 1.70. The van der Waals surface area contributed by atoms with Gasteiger partial charge in [0.15, 0.2) is 0 Å². The van der Waals surface area contributed by atoms with E-state index in [9.17, 15) is 14.4 Å². The molecule has 3 rings (SSSR count). The molecule has 1 aromatic heterocycles. The number of nitrogens with zero attached hydrogens (tertiary/aromatic N) is 2. The topological polar surface area (TPSA) is 80.6 Å². The maximum atomic E-state index is 12.7. The van der Waals surface area contributed by atoms with Gasteiger partial charge in [-0.15, -0.1) is 0 Å². The first-order chi connectivity index (χ1) is 11.5. The van der Waals surface area contributed by atoms with Crippen molar-refractivity contribution in [3.05, 3.63) is 53.9 Å². The summed E-state index contributed by atoms with van der Waals surface area (Å²) in [6, 6.07) is 9.20. The van der Waals surface area contributed by atoms with Gasteiger partial charge in [-0.05, 0) is 42.5 Å². The summed E-state index contributed by atoms with van der Waals surface area (Å²) in [6.07, 6.45) is 3.25. The van der Waals surface area contributed by atoms with Crippen LogP contribution < -0.4 is 15.0 Å². The van der Waals surface area contributed by atoms with E-state index in [-0.39, 0.29) is 5.57 Å². The van der Waals surface area contributed by atoms with Crippen molar-refractivity contribution in [3.63, 3.8) is 0 Å². The Kier molecular flexibility index (Phi) is 3.91. The van der Waals surface area contributed by atoms with E-state index < -0.39 is 17.8 Å². The number of hydrogen-bond donors (Lipinski definition) is 1. The number of carbonyl (C=O) groups excluding carboxylic acids is 3. The highest BCUT2D eigenvalue weighted by molar-refractivity contribution is 6.39. The lowest BCUT2D eigenvalue weighted by Crippen LogP contribution is -2.54. The number of hydrogen-bond acceptors (Lipinski definition) is 4. The first-order valence-electron chi connectivity index (χ1n) is 7.18. The number of benzene rings is 1. The zero-order chi connectivity index (χ0) is 17.3. The van der Waals surface area contributed by atoms with Gasteiger partial charge >= 0.3 is 6.03 Å². The zero-order valence-electron chi connectivity index (χ0n) is 13.1. The number of aryl methyl sites for hydroxylation is 1. The molecule has 1 saturated heterocycles. The van der Waals surface area contributed by atoms with Crippen LogP contribution in [0.5, 0.6) is 5.75 Å². The first kappa shape index (κ1) is 15.5. The van der Waals surface area contributed by atoms with Gasteiger partial charge in [-0.25, -0.2) is 9.69 Å². The van der Waals surface area contributed by atoms with Gasteiger partial charge in [-0.1, -0.05) is 0 Å². The lowest BCUT2D eigenvalue weighted by Gasteiger charge is -2.26. The predicted molar refractivity (Wildman–Crippen MR) is 87.4 cm³/mol. The summed E-state index contributed by atoms with van der Waals surface area (Å²) in [5.74, 6) is -0.787. The van der Waals surface area contributed by atoms with Crippen molar-refractivity contribution in [2.75, 3.05) is 12.0 Å². The highest BCUT2D eigenvalue weighted by Crippen LogP contribution is 2.24. The summed E-state index contributed by atoms with van der Waals surface area (Å²) in [7, 11) is 3.32. The van der Waals surface area contributed by atoms with Gasteiger partial charge in [0.05, 0.1) is 12.8 Å². The van der Waals surface area contributed by atoms with E-state index in [4.69, 9.17) is 4.74 Å². The zero-order valence-corrected chi connectivity index (χ0v) is 13.1. The summed E-state index contributed by atoms with van der Waals surface area (Å²) in [4.78, 5) is 37.7. The molecular formula is C17H15N3O4. The van der Waals surface area contributed by atoms with E-state index in [0.29, 0.717) is 17.1 Å². The van der Waals surface area contributed by atoms with Gasteiger partial charge in [0, 0.05) is 18.9 Å². The molecule has 0 radical (unpaired) electrons. The molecule has 24 heavy (non-hydrogen) atoms. The Morgan fingerprint density at radius 2 is 1.79 bits per heavy atom. The lowest BCUT2D eigenvalue weighted by atomic mass is 10.1. The fraction of sp³-hybridized carbons (Fsp3) is 0.118. The van der Waals surface area contributed by atoms with Crippen molar-refractivity contribution < 1.29 is 19.1 Å². The van der Waals surface area contributed by atoms with Crippen molar-refractivity contribution in [3.8, 4) is 5.75 Å². The lowest BCUT2D eigenvalue weighted by molar-refractivity contribution is -0.122. The van der Waals surface area contributed by atoms with Gasteiger partial charge in [-0.3, -0.25) is 14.9 Å². The molecule has 2 heterocycles. The molecule has 0 unspecified atom stereocenters. The van der Waals surface area contributed by atoms with Crippen LogP contribution in [0, 0.1) is 0 Å². The number of nitrogens with one attached hydrogen (secondary N) is 1. The molecule has 4 amide bonds. The molecule has 122 valence electrons. The highest BCUT2D eigenvalue weighted by atomic mass is 16.5. The smallest absolute Gasteiger partial charge is 0.335 e. The van der Waals surface area contributed by atoms with Crippen LogP contribution in [-0.2, 0) is 16.6 Å². The molecule has 7 nitrogen and oxygen atoms in total. The van der Waals surface area contributed by atoms with Crippen LogP contribution in [0.15, 0.2) is 48.2 Å². The molecule has 1 fully saturated rings. The van der Waals surface area contributed by atoms with Gasteiger partial charge < -0.3 is 9.30 Å². The Hall–Kier alpha value is -3.35. The Labute approximate surface area is 138 Å². The van der Waals surface area contributed by atoms with Gasteiger partial charge in [0.1, 0.15) is 11.3 Å². The van der Waals surface area contributed by atoms with Crippen molar-refractivity contribution >= 4 is 29.6 Å². The summed E-state index contributed by atoms with van der Waals surface area (Å²) in [5.41, 5.74) is 0.924. The highest BCUT2D eigenvalue weighted by Gasteiger charge is 2.36. The van der Waals surface area contributed by atoms with E-state index in [1.807, 2.05) is 0 Å². The maximum absolute atomic E-state index is 12.7. The normalized spacial score (nSPS) is 16.5. The van der Waals surface area contributed by atoms with Crippen molar-refractivity contribution in [2.45, 2.75) is 0 Å². The number of methoxy groups -OCH3 is 1. The van der Waals surface area contributed by atoms with Crippen molar-refractivity contribution in [1.29, 1.82) is 0 Å². The second-order valence-electron chi connectivity index (χ2n) is 5.20. The summed E-state index contributed by atoms with van der Waals surface area (Å²) in [6.45, 7) is 0. The number of ether oxygens (including phenoxy) is 1. The van der Waals surface area contributed by atoms with Crippen LogP contribution in [0.3, 0.4) is 0 Å². The van der Waals surface area contributed by atoms with E-state index >= 15 is 0 Å². The number of imide groups is 2. The number of anilines is 1. The Morgan fingerprint density at radius 1 is 1.08 bits per heavy atom. The molecule has 1 aliphatic rings. The monoisotopic (exact) mass is 325 g/mol. The number of carbonyl (C=O) groups is 3. The van der Waals surface area contributed by atoms with Crippen LogP contribution in [0.2, 0.25) is 0 Å². The van der Waals surface area contributed by atoms with Crippen molar-refractivity contribution in [1.82, 2.24) is 9.88 Å². The Morgan fingerprint density at radius 3 is 2.38 bits per heavy atom. The van der Waals surface area contributed by atoms with Gasteiger partial charge in [0.2, 0.25) is 0 Å². The molecule has 7 heteroatoms. The molecule has 0 aliphatic carbocycles. The standard InChI is InChI=1S/C17H15N3O4/c1-19-9-3-4-12(19)10-14-15(21)18-17(23)20(16(14)22)11-5-7-13(24-2)8-6-11/h3-10H,1-2H3,(H,18,21,23)/b14-10+. The second-order valence-corrected chi connectivity index (χ2v) is 5.20. The maximum Gasteiger partial charge on any atom is 0.335 e. The Bertz CT molecular complexity index is 849. The fourth-order valence-corrected chi connectivity index (χ4v) is 2.40. The summed E-state index contributed by atoms with van der Waals surface area (Å²) in [5, 5.41) is 2.19. The third-order valence-corrected chi connectivity index (χ3v) is 3.71. The minimum atomic E-state index is -0.779. The van der Waals surface area contributed by atoms with Crippen LogP contribution in [-0.4, -0.2) is 29.5 Å². The van der Waals surface area contributed by atoms with E-state index in [0.717, 1.165) is 4.90 Å². The third kappa shape index (κ3) is 2.67. The van der Waals surface area contributed by atoms with Crippen LogP contribution in [0.25, 0.3) is 6.08 Å². The fourth-order valence-electron chi connectivity index (χ4n) is 2.40. The van der Waals surface area contributed by atoms with Crippen LogP contribution in [0.1, 0.15) is 5.69 Å². The molecule has 0 saturated carbocycles. The van der Waals surface area contributed by atoms with Crippen molar-refractivity contribution in [2.24, 2.45) is 7.05 Å². The Balaban J connectivity index is 1.99. The number of amides is 4. The van der Waals surface area contributed by atoms with E-state index in [1.165, 1.54) is 13.2 Å². The van der Waals surface area contributed by atoms with Crippen LogP contribution >= 0.6 is 0 Å². The van der Waals surface area contributed by atoms with Crippen LogP contribution in [0.4, 0.5) is 10.5 Å². The van der Waals surface area contributed by atoms with Gasteiger partial charge in [-0.2, -0.15) is 0 Å². The molecule has 0 atom stereocenters. The second kappa shape index (κ2) is 6.04. The molecule has 0 spiro atoms. The first-order valence-corrected chi connectivity index (χ1v) is 7.18. The summed E-state index contributed by atoms with van der Waals surface area (Å²) < 4.78 is 6.83. The minimum absolute atomic E-state index is 0.104.